The number of nitrogens with one attached hydrogen (secondary N) is 1. The van der Waals surface area contributed by atoms with E-state index in [4.69, 9.17) is 0 Å². The molecule has 2 amide bonds. The van der Waals surface area contributed by atoms with E-state index in [1.54, 1.807) is 6.92 Å². The summed E-state index contributed by atoms with van der Waals surface area (Å²) in [5, 5.41) is 14.3. The number of carbonyl (C=O) groups excluding carboxylic acids is 1. The Morgan fingerprint density at radius 3 is 2.92 bits per heavy atom. The minimum Gasteiger partial charge on any atom is -0.393 e. The third-order valence-corrected chi connectivity index (χ3v) is 5.41. The first-order valence-corrected chi connectivity index (χ1v) is 9.15. The zero-order valence-corrected chi connectivity index (χ0v) is 14.8. The van der Waals surface area contributed by atoms with E-state index in [0.717, 1.165) is 40.7 Å². The molecule has 6 heteroatoms. The summed E-state index contributed by atoms with van der Waals surface area (Å²) in [6.45, 7) is 4.43. The van der Waals surface area contributed by atoms with E-state index in [-0.39, 0.29) is 12.1 Å². The summed E-state index contributed by atoms with van der Waals surface area (Å²) in [5.74, 6) is 0. The summed E-state index contributed by atoms with van der Waals surface area (Å²) in [6, 6.07) is 10.00. The molecule has 0 spiro atoms. The second-order valence-electron chi connectivity index (χ2n) is 6.30. The van der Waals surface area contributed by atoms with Gasteiger partial charge in [0.05, 0.1) is 11.8 Å². The number of carbonyl (C=O) groups is 1. The van der Waals surface area contributed by atoms with Crippen LogP contribution in [0.5, 0.6) is 0 Å². The molecule has 0 saturated carbocycles. The lowest BCUT2D eigenvalue weighted by atomic mass is 10.1. The van der Waals surface area contributed by atoms with Crippen molar-refractivity contribution in [2.24, 2.45) is 0 Å². The fourth-order valence-electron chi connectivity index (χ4n) is 3.13. The number of rotatable bonds is 4. The number of likely N-dealkylation sites (tertiary alicyclic amines) is 1. The number of amides is 2. The van der Waals surface area contributed by atoms with Gasteiger partial charge in [0, 0.05) is 18.2 Å². The Morgan fingerprint density at radius 1 is 1.46 bits per heavy atom. The molecule has 2 N–H and O–H groups in total. The molecule has 128 valence electrons. The summed E-state index contributed by atoms with van der Waals surface area (Å²) in [5.41, 5.74) is 1.89. The lowest BCUT2D eigenvalue weighted by Gasteiger charge is -2.25. The number of hydrogen-bond acceptors (Lipinski definition) is 4. The van der Waals surface area contributed by atoms with E-state index in [0.29, 0.717) is 6.42 Å². The maximum Gasteiger partial charge on any atom is 0.322 e. The first kappa shape index (κ1) is 16.9. The van der Waals surface area contributed by atoms with Gasteiger partial charge in [0.2, 0.25) is 0 Å². The molecule has 24 heavy (non-hydrogen) atoms. The average molecular weight is 345 g/mol. The standard InChI is InChI=1S/C18H23N3O2S/c1-12(22)11-15-9-6-10-21(15)18(23)20-16-13(2)19-17(24-16)14-7-4-3-5-8-14/h3-5,7-8,12,15,22H,6,9-11H2,1-2H3,(H,20,23)/t12-,15-/m0/s1. The quantitative estimate of drug-likeness (QED) is 0.883. The van der Waals surface area contributed by atoms with Gasteiger partial charge < -0.3 is 10.0 Å². The number of aryl methyl sites for hydroxylation is 1. The Hall–Kier alpha value is -1.92. The molecule has 1 fully saturated rings. The fraction of sp³-hybridized carbons (Fsp3) is 0.444. The van der Waals surface area contributed by atoms with Crippen LogP contribution in [0.3, 0.4) is 0 Å². The molecule has 0 radical (unpaired) electrons. The van der Waals surface area contributed by atoms with Crippen molar-refractivity contribution in [3.63, 3.8) is 0 Å². The highest BCUT2D eigenvalue weighted by molar-refractivity contribution is 7.19. The van der Waals surface area contributed by atoms with Gasteiger partial charge >= 0.3 is 6.03 Å². The Bertz CT molecular complexity index is 700. The van der Waals surface area contributed by atoms with Gasteiger partial charge in [0.25, 0.3) is 0 Å². The van der Waals surface area contributed by atoms with E-state index in [1.165, 1.54) is 11.3 Å². The van der Waals surface area contributed by atoms with Gasteiger partial charge in [-0.3, -0.25) is 5.32 Å². The first-order valence-electron chi connectivity index (χ1n) is 8.33. The van der Waals surface area contributed by atoms with Gasteiger partial charge in [-0.2, -0.15) is 0 Å². The fourth-order valence-corrected chi connectivity index (χ4v) is 4.09. The van der Waals surface area contributed by atoms with Crippen LogP contribution in [-0.4, -0.2) is 39.7 Å². The van der Waals surface area contributed by atoms with Crippen molar-refractivity contribution < 1.29 is 9.90 Å². The smallest absolute Gasteiger partial charge is 0.322 e. The summed E-state index contributed by atoms with van der Waals surface area (Å²) >= 11 is 1.50. The molecule has 2 aromatic rings. The van der Waals surface area contributed by atoms with E-state index in [9.17, 15) is 9.90 Å². The number of urea groups is 1. The van der Waals surface area contributed by atoms with Gasteiger partial charge in [0.1, 0.15) is 10.0 Å². The Labute approximate surface area is 146 Å². The lowest BCUT2D eigenvalue weighted by molar-refractivity contribution is 0.142. The second-order valence-corrected chi connectivity index (χ2v) is 7.30. The largest absolute Gasteiger partial charge is 0.393 e. The molecule has 0 unspecified atom stereocenters. The molecule has 0 bridgehead atoms. The van der Waals surface area contributed by atoms with Crippen molar-refractivity contribution in [3.8, 4) is 10.6 Å². The third-order valence-electron chi connectivity index (χ3n) is 4.29. The Balaban J connectivity index is 1.72. The molecular weight excluding hydrogens is 322 g/mol. The number of benzene rings is 1. The molecule has 3 rings (SSSR count). The SMILES string of the molecule is Cc1nc(-c2ccccc2)sc1NC(=O)N1CCC[C@H]1C[C@H](C)O. The average Bonchev–Trinajstić information content (AvgIpc) is 3.15. The number of aliphatic hydroxyl groups is 1. The number of nitrogens with zero attached hydrogens (tertiary/aromatic N) is 2. The minimum absolute atomic E-state index is 0.0930. The first-order chi connectivity index (χ1) is 11.5. The van der Waals surface area contributed by atoms with Gasteiger partial charge in [-0.05, 0) is 33.1 Å². The molecule has 2 atom stereocenters. The number of aromatic nitrogens is 1. The van der Waals surface area contributed by atoms with Crippen molar-refractivity contribution in [1.29, 1.82) is 0 Å². The highest BCUT2D eigenvalue weighted by Gasteiger charge is 2.30. The van der Waals surface area contributed by atoms with Crippen LogP contribution in [0.4, 0.5) is 9.80 Å². The third kappa shape index (κ3) is 3.76. The van der Waals surface area contributed by atoms with Gasteiger partial charge in [-0.25, -0.2) is 9.78 Å². The molecule has 1 aromatic carbocycles. The maximum absolute atomic E-state index is 12.6. The monoisotopic (exact) mass is 345 g/mol. The lowest BCUT2D eigenvalue weighted by Crippen LogP contribution is -2.40. The Morgan fingerprint density at radius 2 is 2.21 bits per heavy atom. The van der Waals surface area contributed by atoms with Gasteiger partial charge in [-0.1, -0.05) is 41.7 Å². The predicted molar refractivity (Wildman–Crippen MR) is 97.3 cm³/mol. The summed E-state index contributed by atoms with van der Waals surface area (Å²) in [7, 11) is 0. The van der Waals surface area contributed by atoms with Crippen LogP contribution in [0, 0.1) is 6.92 Å². The molecule has 1 aromatic heterocycles. The molecular formula is C18H23N3O2S. The number of aliphatic hydroxyl groups excluding tert-OH is 1. The number of thiazole rings is 1. The molecule has 1 aliphatic rings. The van der Waals surface area contributed by atoms with Crippen LogP contribution < -0.4 is 5.32 Å². The van der Waals surface area contributed by atoms with Gasteiger partial charge in [-0.15, -0.1) is 0 Å². The van der Waals surface area contributed by atoms with Crippen LogP contribution in [-0.2, 0) is 0 Å². The van der Waals surface area contributed by atoms with Crippen LogP contribution >= 0.6 is 11.3 Å². The highest BCUT2D eigenvalue weighted by atomic mass is 32.1. The molecule has 0 aliphatic carbocycles. The van der Waals surface area contributed by atoms with E-state index in [1.807, 2.05) is 42.2 Å². The van der Waals surface area contributed by atoms with Crippen LogP contribution in [0.15, 0.2) is 30.3 Å². The normalized spacial score (nSPS) is 18.6. The summed E-state index contributed by atoms with van der Waals surface area (Å²) in [6.07, 6.45) is 2.18. The number of anilines is 1. The van der Waals surface area contributed by atoms with E-state index < -0.39 is 6.10 Å². The highest BCUT2D eigenvalue weighted by Crippen LogP contribution is 2.32. The molecule has 1 aliphatic heterocycles. The van der Waals surface area contributed by atoms with Gasteiger partial charge in [0.15, 0.2) is 0 Å². The summed E-state index contributed by atoms with van der Waals surface area (Å²) in [4.78, 5) is 19.0. The number of hydrogen-bond donors (Lipinski definition) is 2. The van der Waals surface area contributed by atoms with Crippen molar-refractivity contribution >= 4 is 22.4 Å². The molecule has 5 nitrogen and oxygen atoms in total. The van der Waals surface area contributed by atoms with Crippen LogP contribution in [0.2, 0.25) is 0 Å². The van der Waals surface area contributed by atoms with Crippen LogP contribution in [0.1, 0.15) is 31.9 Å². The maximum atomic E-state index is 12.6. The minimum atomic E-state index is -0.391. The summed E-state index contributed by atoms with van der Waals surface area (Å²) < 4.78 is 0. The topological polar surface area (TPSA) is 65.5 Å². The second kappa shape index (κ2) is 7.32. The molecule has 2 heterocycles. The van der Waals surface area contributed by atoms with Crippen molar-refractivity contribution in [2.45, 2.75) is 45.3 Å². The zero-order chi connectivity index (χ0) is 17.1. The van der Waals surface area contributed by atoms with E-state index in [2.05, 4.69) is 10.3 Å². The van der Waals surface area contributed by atoms with Crippen molar-refractivity contribution in [3.05, 3.63) is 36.0 Å². The van der Waals surface area contributed by atoms with E-state index >= 15 is 0 Å². The zero-order valence-electron chi connectivity index (χ0n) is 14.0. The molecule has 1 saturated heterocycles. The van der Waals surface area contributed by atoms with Crippen molar-refractivity contribution in [1.82, 2.24) is 9.88 Å². The van der Waals surface area contributed by atoms with Crippen LogP contribution in [0.25, 0.3) is 10.6 Å². The Kier molecular flexibility index (Phi) is 5.16. The predicted octanol–water partition coefficient (Wildman–Crippen LogP) is 3.89. The van der Waals surface area contributed by atoms with Crippen molar-refractivity contribution in [2.75, 3.05) is 11.9 Å².